The van der Waals surface area contributed by atoms with Crippen LogP contribution in [0.4, 0.5) is 0 Å². The molecular formula is C19H20ClO3PS. The number of carbonyl (C=O) groups is 1. The van der Waals surface area contributed by atoms with E-state index in [0.717, 1.165) is 11.3 Å². The summed E-state index contributed by atoms with van der Waals surface area (Å²) in [7, 11) is -2.75. The Hall–Kier alpha value is -1.53. The maximum atomic E-state index is 13.1. The fraction of sp³-hybridized carbons (Fsp3) is 0.316. The second kappa shape index (κ2) is 7.38. The minimum atomic E-state index is -2.75. The number of aromatic carboxylic acids is 1. The molecule has 0 spiro atoms. The van der Waals surface area contributed by atoms with Gasteiger partial charge in [0.25, 0.3) is 0 Å². The highest BCUT2D eigenvalue weighted by Crippen LogP contribution is 2.45. The maximum absolute atomic E-state index is 13.1. The molecule has 3 nitrogen and oxygen atoms in total. The first-order valence-corrected chi connectivity index (χ1v) is 11.2. The number of benzene rings is 1. The molecule has 2 rings (SSSR count). The first-order chi connectivity index (χ1) is 11.5. The fourth-order valence-corrected chi connectivity index (χ4v) is 5.18. The summed E-state index contributed by atoms with van der Waals surface area (Å²) < 4.78 is 13.1. The molecule has 1 atom stereocenters. The highest BCUT2D eigenvalue weighted by atomic mass is 35.5. The highest BCUT2D eigenvalue weighted by Gasteiger charge is 2.24. The molecule has 6 heteroatoms. The van der Waals surface area contributed by atoms with Gasteiger partial charge in [-0.1, -0.05) is 35.6 Å². The van der Waals surface area contributed by atoms with E-state index in [9.17, 15) is 14.5 Å². The van der Waals surface area contributed by atoms with Crippen LogP contribution in [0.15, 0.2) is 30.3 Å². The second-order valence-corrected chi connectivity index (χ2v) is 11.5. The molecule has 1 heterocycles. The highest BCUT2D eigenvalue weighted by molar-refractivity contribution is 7.70. The lowest BCUT2D eigenvalue weighted by Crippen LogP contribution is -2.07. The molecule has 0 saturated carbocycles. The Kier molecular flexibility index (Phi) is 5.84. The summed E-state index contributed by atoms with van der Waals surface area (Å²) in [4.78, 5) is 12.4. The van der Waals surface area contributed by atoms with E-state index >= 15 is 0 Å². The standard InChI is InChI=1S/C19H20ClO3PS/c1-19(2,3)10-9-16-11-13(17(25-16)18(21)22)12-24(4,23)15-7-5-14(20)6-8-15/h5-8,11H,12H2,1-4H3,(H,21,22). The molecule has 0 amide bonds. The van der Waals surface area contributed by atoms with Gasteiger partial charge in [0.1, 0.15) is 12.0 Å². The van der Waals surface area contributed by atoms with E-state index in [1.165, 1.54) is 0 Å². The number of hydrogen-bond acceptors (Lipinski definition) is 3. The van der Waals surface area contributed by atoms with Crippen molar-refractivity contribution in [2.24, 2.45) is 5.41 Å². The van der Waals surface area contributed by atoms with Gasteiger partial charge in [0.15, 0.2) is 0 Å². The van der Waals surface area contributed by atoms with Crippen LogP contribution in [0.1, 0.15) is 40.9 Å². The Morgan fingerprint density at radius 1 is 1.28 bits per heavy atom. The monoisotopic (exact) mass is 394 g/mol. The predicted molar refractivity (Wildman–Crippen MR) is 106 cm³/mol. The van der Waals surface area contributed by atoms with Crippen LogP contribution in [0.5, 0.6) is 0 Å². The van der Waals surface area contributed by atoms with Gasteiger partial charge in [-0.05, 0) is 51.2 Å². The largest absolute Gasteiger partial charge is 0.477 e. The van der Waals surface area contributed by atoms with Crippen LogP contribution < -0.4 is 5.30 Å². The molecule has 1 aromatic heterocycles. The summed E-state index contributed by atoms with van der Waals surface area (Å²) in [5, 5.41) is 10.7. The second-order valence-electron chi connectivity index (χ2n) is 7.01. The molecule has 0 aliphatic rings. The van der Waals surface area contributed by atoms with Crippen molar-refractivity contribution in [3.63, 3.8) is 0 Å². The molecule has 1 unspecified atom stereocenters. The molecule has 0 radical (unpaired) electrons. The molecule has 0 bridgehead atoms. The van der Waals surface area contributed by atoms with Crippen molar-refractivity contribution < 1.29 is 14.5 Å². The minimum Gasteiger partial charge on any atom is -0.477 e. The zero-order valence-corrected chi connectivity index (χ0v) is 17.1. The van der Waals surface area contributed by atoms with Gasteiger partial charge in [-0.2, -0.15) is 0 Å². The maximum Gasteiger partial charge on any atom is 0.346 e. The normalized spacial score (nSPS) is 13.6. The topological polar surface area (TPSA) is 54.4 Å². The van der Waals surface area contributed by atoms with Gasteiger partial charge in [-0.25, -0.2) is 4.79 Å². The van der Waals surface area contributed by atoms with E-state index in [4.69, 9.17) is 11.6 Å². The zero-order chi connectivity index (χ0) is 18.8. The Bertz CT molecular complexity index is 895. The van der Waals surface area contributed by atoms with E-state index in [-0.39, 0.29) is 16.5 Å². The van der Waals surface area contributed by atoms with Crippen LogP contribution in [0.2, 0.25) is 5.02 Å². The van der Waals surface area contributed by atoms with E-state index < -0.39 is 13.1 Å². The fourth-order valence-electron chi connectivity index (χ4n) is 2.21. The number of thiophene rings is 1. The van der Waals surface area contributed by atoms with Crippen molar-refractivity contribution in [1.82, 2.24) is 0 Å². The molecular weight excluding hydrogens is 375 g/mol. The van der Waals surface area contributed by atoms with Crippen molar-refractivity contribution in [3.8, 4) is 11.8 Å². The molecule has 2 aromatic rings. The summed E-state index contributed by atoms with van der Waals surface area (Å²) >= 11 is 7.01. The number of rotatable bonds is 4. The molecule has 0 fully saturated rings. The van der Waals surface area contributed by atoms with E-state index in [0.29, 0.717) is 20.8 Å². The van der Waals surface area contributed by atoms with Crippen LogP contribution in [0.25, 0.3) is 0 Å². The molecule has 1 aromatic carbocycles. The molecule has 0 aliphatic heterocycles. The molecule has 25 heavy (non-hydrogen) atoms. The third-order valence-electron chi connectivity index (χ3n) is 3.41. The molecule has 132 valence electrons. The summed E-state index contributed by atoms with van der Waals surface area (Å²) in [5.74, 6) is 5.12. The average Bonchev–Trinajstić information content (AvgIpc) is 2.87. The third kappa shape index (κ3) is 5.47. The van der Waals surface area contributed by atoms with E-state index in [2.05, 4.69) is 11.8 Å². The van der Waals surface area contributed by atoms with E-state index in [1.54, 1.807) is 37.0 Å². The van der Waals surface area contributed by atoms with Crippen LogP contribution in [0.3, 0.4) is 0 Å². The first-order valence-electron chi connectivity index (χ1n) is 7.70. The predicted octanol–water partition coefficient (Wildman–Crippen LogP) is 5.32. The average molecular weight is 395 g/mol. The van der Waals surface area contributed by atoms with Crippen LogP contribution in [0, 0.1) is 17.3 Å². The summed E-state index contributed by atoms with van der Waals surface area (Å²) in [6.07, 6.45) is 0.184. The lowest BCUT2D eigenvalue weighted by atomic mass is 9.98. The number of carboxylic acid groups (broad SMARTS) is 1. The summed E-state index contributed by atoms with van der Waals surface area (Å²) in [6, 6.07) is 8.60. The van der Waals surface area contributed by atoms with Gasteiger partial charge in [-0.3, -0.25) is 0 Å². The van der Waals surface area contributed by atoms with Crippen molar-refractivity contribution >= 4 is 41.4 Å². The summed E-state index contributed by atoms with van der Waals surface area (Å²) in [6.45, 7) is 7.65. The van der Waals surface area contributed by atoms with Gasteiger partial charge >= 0.3 is 5.97 Å². The van der Waals surface area contributed by atoms with Gasteiger partial charge in [0.05, 0.1) is 4.88 Å². The first kappa shape index (κ1) is 19.8. The van der Waals surface area contributed by atoms with Crippen molar-refractivity contribution in [1.29, 1.82) is 0 Å². The smallest absolute Gasteiger partial charge is 0.346 e. The van der Waals surface area contributed by atoms with Crippen LogP contribution >= 0.6 is 30.1 Å². The minimum absolute atomic E-state index is 0.170. The molecule has 1 N–H and O–H groups in total. The number of carboxylic acids is 1. The zero-order valence-electron chi connectivity index (χ0n) is 14.6. The third-order valence-corrected chi connectivity index (χ3v) is 7.08. The number of halogens is 1. The number of hydrogen-bond donors (Lipinski definition) is 1. The quantitative estimate of drug-likeness (QED) is 0.564. The Morgan fingerprint density at radius 2 is 1.88 bits per heavy atom. The summed E-state index contributed by atoms with van der Waals surface area (Å²) in [5.41, 5.74) is 0.396. The van der Waals surface area contributed by atoms with Crippen LogP contribution in [-0.4, -0.2) is 17.7 Å². The molecule has 0 aliphatic carbocycles. The van der Waals surface area contributed by atoms with E-state index in [1.807, 2.05) is 20.8 Å². The lowest BCUT2D eigenvalue weighted by molar-refractivity contribution is 0.0701. The van der Waals surface area contributed by atoms with Crippen LogP contribution in [-0.2, 0) is 10.7 Å². The van der Waals surface area contributed by atoms with Gasteiger partial charge in [0.2, 0.25) is 0 Å². The Morgan fingerprint density at radius 3 is 2.40 bits per heavy atom. The van der Waals surface area contributed by atoms with Crippen molar-refractivity contribution in [3.05, 3.63) is 50.7 Å². The Balaban J connectivity index is 2.39. The lowest BCUT2D eigenvalue weighted by Gasteiger charge is -2.13. The SMILES string of the molecule is CC(C)(C)C#Cc1cc(CP(C)(=O)c2ccc(Cl)cc2)c(C(=O)O)s1. The van der Waals surface area contributed by atoms with Gasteiger partial charge < -0.3 is 9.67 Å². The van der Waals surface area contributed by atoms with Gasteiger partial charge in [0, 0.05) is 21.9 Å². The Labute approximate surface area is 157 Å². The van der Waals surface area contributed by atoms with Crippen molar-refractivity contribution in [2.45, 2.75) is 26.9 Å². The van der Waals surface area contributed by atoms with Gasteiger partial charge in [-0.15, -0.1) is 11.3 Å². The van der Waals surface area contributed by atoms with Crippen molar-refractivity contribution in [2.75, 3.05) is 6.66 Å². The molecule has 0 saturated heterocycles.